The number of thiocarbonyl (C=S) groups is 1. The van der Waals surface area contributed by atoms with Gasteiger partial charge in [0.15, 0.2) is 5.11 Å². The summed E-state index contributed by atoms with van der Waals surface area (Å²) in [4.78, 5) is 12.2. The summed E-state index contributed by atoms with van der Waals surface area (Å²) in [5, 5.41) is 6.47. The van der Waals surface area contributed by atoms with Crippen LogP contribution in [0.2, 0.25) is 10.0 Å². The number of nitrogens with one attached hydrogen (secondary N) is 2. The Morgan fingerprint density at radius 1 is 1.22 bits per heavy atom. The van der Waals surface area contributed by atoms with E-state index in [2.05, 4.69) is 26.6 Å². The summed E-state index contributed by atoms with van der Waals surface area (Å²) in [7, 11) is 1.55. The first kappa shape index (κ1) is 18.0. The van der Waals surface area contributed by atoms with Gasteiger partial charge >= 0.3 is 0 Å². The largest absolute Gasteiger partial charge is 0.496 e. The Morgan fingerprint density at radius 2 is 1.96 bits per heavy atom. The highest BCUT2D eigenvalue weighted by Gasteiger charge is 2.11. The Balaban J connectivity index is 2.06. The molecular weight excluding hydrogens is 423 g/mol. The number of amides is 1. The van der Waals surface area contributed by atoms with Gasteiger partial charge in [0.1, 0.15) is 5.75 Å². The number of anilines is 1. The number of carbonyl (C=O) groups is 1. The summed E-state index contributed by atoms with van der Waals surface area (Å²) in [6.45, 7) is 0. The van der Waals surface area contributed by atoms with Crippen LogP contribution in [-0.4, -0.2) is 18.1 Å². The monoisotopic (exact) mass is 432 g/mol. The zero-order valence-corrected chi connectivity index (χ0v) is 15.7. The van der Waals surface area contributed by atoms with Crippen molar-refractivity contribution in [2.24, 2.45) is 0 Å². The van der Waals surface area contributed by atoms with E-state index in [4.69, 9.17) is 40.2 Å². The Hall–Kier alpha value is -1.34. The molecule has 0 atom stereocenters. The van der Waals surface area contributed by atoms with Crippen LogP contribution < -0.4 is 15.4 Å². The number of rotatable bonds is 3. The molecular formula is C15H11BrCl2N2O2S. The minimum absolute atomic E-state index is 0.117. The Kier molecular flexibility index (Phi) is 6.24. The number of ether oxygens (including phenoxy) is 1. The molecule has 0 saturated carbocycles. The van der Waals surface area contributed by atoms with Crippen LogP contribution in [0.4, 0.5) is 5.69 Å². The van der Waals surface area contributed by atoms with Crippen LogP contribution in [0.25, 0.3) is 0 Å². The number of hydrogen-bond acceptors (Lipinski definition) is 3. The number of carbonyl (C=O) groups excluding carboxylic acids is 1. The zero-order chi connectivity index (χ0) is 17.0. The van der Waals surface area contributed by atoms with E-state index < -0.39 is 0 Å². The van der Waals surface area contributed by atoms with Gasteiger partial charge in [-0.25, -0.2) is 0 Å². The Morgan fingerprint density at radius 3 is 2.61 bits per heavy atom. The lowest BCUT2D eigenvalue weighted by molar-refractivity contribution is 0.0977. The molecule has 1 amide bonds. The van der Waals surface area contributed by atoms with Gasteiger partial charge in [-0.3, -0.25) is 10.1 Å². The third-order valence-electron chi connectivity index (χ3n) is 2.82. The fourth-order valence-corrected chi connectivity index (χ4v) is 2.81. The molecule has 2 aromatic carbocycles. The lowest BCUT2D eigenvalue weighted by atomic mass is 10.2. The van der Waals surface area contributed by atoms with E-state index in [1.165, 1.54) is 0 Å². The van der Waals surface area contributed by atoms with Gasteiger partial charge < -0.3 is 10.1 Å². The SMILES string of the molecule is COc1ccc(C(=O)NC(=S)Nc2cc(Cl)ccc2Cl)cc1Br. The standard InChI is InChI=1S/C15H11BrCl2N2O2S/c1-22-13-5-2-8(6-10(13)16)14(21)20-15(23)19-12-7-9(17)3-4-11(12)18/h2-7H,1H3,(H2,19,20,21,23). The van der Waals surface area contributed by atoms with E-state index in [-0.39, 0.29) is 11.0 Å². The van der Waals surface area contributed by atoms with Gasteiger partial charge in [0.05, 0.1) is 22.3 Å². The molecule has 0 bridgehead atoms. The first-order valence-electron chi connectivity index (χ1n) is 6.31. The van der Waals surface area contributed by atoms with Gasteiger partial charge in [-0.2, -0.15) is 0 Å². The molecule has 120 valence electrons. The number of benzene rings is 2. The average molecular weight is 434 g/mol. The zero-order valence-electron chi connectivity index (χ0n) is 11.8. The fraction of sp³-hybridized carbons (Fsp3) is 0.0667. The molecule has 0 aliphatic heterocycles. The van der Waals surface area contributed by atoms with Crippen LogP contribution in [0.1, 0.15) is 10.4 Å². The van der Waals surface area contributed by atoms with E-state index in [1.807, 2.05) is 0 Å². The Bertz CT molecular complexity index is 771. The highest BCUT2D eigenvalue weighted by molar-refractivity contribution is 9.10. The molecule has 8 heteroatoms. The van der Waals surface area contributed by atoms with Crippen molar-refractivity contribution in [3.05, 3.63) is 56.5 Å². The molecule has 0 unspecified atom stereocenters. The second kappa shape index (κ2) is 7.97. The van der Waals surface area contributed by atoms with Crippen molar-refractivity contribution in [3.8, 4) is 5.75 Å². The summed E-state index contributed by atoms with van der Waals surface area (Å²) < 4.78 is 5.79. The van der Waals surface area contributed by atoms with E-state index in [9.17, 15) is 4.79 Å². The number of hydrogen-bond donors (Lipinski definition) is 2. The quantitative estimate of drug-likeness (QED) is 0.676. The molecule has 0 aliphatic rings. The maximum atomic E-state index is 12.2. The summed E-state index contributed by atoms with van der Waals surface area (Å²) >= 11 is 20.4. The average Bonchev–Trinajstić information content (AvgIpc) is 2.50. The number of methoxy groups -OCH3 is 1. The smallest absolute Gasteiger partial charge is 0.257 e. The van der Waals surface area contributed by atoms with Crippen LogP contribution in [-0.2, 0) is 0 Å². The predicted molar refractivity (Wildman–Crippen MR) is 101 cm³/mol. The molecule has 0 spiro atoms. The highest BCUT2D eigenvalue weighted by Crippen LogP contribution is 2.26. The molecule has 23 heavy (non-hydrogen) atoms. The molecule has 4 nitrogen and oxygen atoms in total. The van der Waals surface area contributed by atoms with Crippen molar-refractivity contribution < 1.29 is 9.53 Å². The highest BCUT2D eigenvalue weighted by atomic mass is 79.9. The first-order valence-corrected chi connectivity index (χ1v) is 8.27. The van der Waals surface area contributed by atoms with Crippen LogP contribution in [0.5, 0.6) is 5.75 Å². The third kappa shape index (κ3) is 4.81. The van der Waals surface area contributed by atoms with Crippen molar-refractivity contribution in [2.75, 3.05) is 12.4 Å². The molecule has 2 rings (SSSR count). The normalized spacial score (nSPS) is 10.1. The van der Waals surface area contributed by atoms with Crippen molar-refractivity contribution in [2.45, 2.75) is 0 Å². The molecule has 0 radical (unpaired) electrons. The topological polar surface area (TPSA) is 50.4 Å². The van der Waals surface area contributed by atoms with Gasteiger partial charge in [-0.05, 0) is 64.5 Å². The minimum atomic E-state index is -0.357. The van der Waals surface area contributed by atoms with Crippen molar-refractivity contribution in [1.82, 2.24) is 5.32 Å². The van der Waals surface area contributed by atoms with Gasteiger partial charge in [0, 0.05) is 10.6 Å². The molecule has 0 fully saturated rings. The van der Waals surface area contributed by atoms with Crippen LogP contribution in [0, 0.1) is 0 Å². The molecule has 0 saturated heterocycles. The summed E-state index contributed by atoms with van der Waals surface area (Å²) in [6.07, 6.45) is 0. The molecule has 0 heterocycles. The lowest BCUT2D eigenvalue weighted by Gasteiger charge is -2.12. The maximum absolute atomic E-state index is 12.2. The van der Waals surface area contributed by atoms with Crippen molar-refractivity contribution >= 4 is 68.1 Å². The second-order valence-electron chi connectivity index (χ2n) is 4.38. The second-order valence-corrected chi connectivity index (χ2v) is 6.49. The predicted octanol–water partition coefficient (Wildman–Crippen LogP) is 4.89. The summed E-state index contributed by atoms with van der Waals surface area (Å²) in [5.74, 6) is 0.275. The van der Waals surface area contributed by atoms with Gasteiger partial charge in [-0.15, -0.1) is 0 Å². The summed E-state index contributed by atoms with van der Waals surface area (Å²) in [5.41, 5.74) is 0.944. The lowest BCUT2D eigenvalue weighted by Crippen LogP contribution is -2.34. The van der Waals surface area contributed by atoms with E-state index in [0.717, 1.165) is 0 Å². The van der Waals surface area contributed by atoms with E-state index in [0.29, 0.717) is 31.5 Å². The van der Waals surface area contributed by atoms with Gasteiger partial charge in [-0.1, -0.05) is 23.2 Å². The van der Waals surface area contributed by atoms with E-state index in [1.54, 1.807) is 43.5 Å². The molecule has 2 N–H and O–H groups in total. The molecule has 0 aromatic heterocycles. The number of halogens is 3. The molecule has 2 aromatic rings. The van der Waals surface area contributed by atoms with Gasteiger partial charge in [0.25, 0.3) is 5.91 Å². The third-order valence-corrected chi connectivity index (χ3v) is 4.21. The first-order chi connectivity index (χ1) is 10.9. The van der Waals surface area contributed by atoms with Crippen LogP contribution in [0.3, 0.4) is 0 Å². The maximum Gasteiger partial charge on any atom is 0.257 e. The van der Waals surface area contributed by atoms with Crippen molar-refractivity contribution in [3.63, 3.8) is 0 Å². The Labute approximate surface area is 157 Å². The van der Waals surface area contributed by atoms with E-state index >= 15 is 0 Å². The fourth-order valence-electron chi connectivity index (χ4n) is 1.73. The van der Waals surface area contributed by atoms with Crippen molar-refractivity contribution in [1.29, 1.82) is 0 Å². The van der Waals surface area contributed by atoms with Gasteiger partial charge in [0.2, 0.25) is 0 Å². The molecule has 0 aliphatic carbocycles. The van der Waals surface area contributed by atoms with Crippen LogP contribution >= 0.6 is 51.3 Å². The van der Waals surface area contributed by atoms with Crippen LogP contribution in [0.15, 0.2) is 40.9 Å². The minimum Gasteiger partial charge on any atom is -0.496 e. The summed E-state index contributed by atoms with van der Waals surface area (Å²) in [6, 6.07) is 9.87.